The first kappa shape index (κ1) is 14.3. The Morgan fingerprint density at radius 1 is 1.35 bits per heavy atom. The van der Waals surface area contributed by atoms with Gasteiger partial charge in [0.1, 0.15) is 5.82 Å². The average Bonchev–Trinajstić information content (AvgIpc) is 2.36. The number of thioether (sulfide) groups is 1. The molecule has 0 amide bonds. The first-order valence-electron chi connectivity index (χ1n) is 5.94. The molecule has 0 fully saturated rings. The van der Waals surface area contributed by atoms with E-state index in [2.05, 4.69) is 18.1 Å². The third-order valence-corrected chi connectivity index (χ3v) is 3.51. The van der Waals surface area contributed by atoms with E-state index in [4.69, 9.17) is 5.73 Å². The zero-order chi connectivity index (χ0) is 12.7. The van der Waals surface area contributed by atoms with Gasteiger partial charge in [0, 0.05) is 24.8 Å². The number of hydrogen-bond acceptors (Lipinski definition) is 3. The lowest BCUT2D eigenvalue weighted by molar-refractivity contribution is 0.593. The molecular formula is C13H21FN2S. The summed E-state index contributed by atoms with van der Waals surface area (Å²) in [6, 6.07) is 6.97. The van der Waals surface area contributed by atoms with Crippen LogP contribution in [0.25, 0.3) is 0 Å². The van der Waals surface area contributed by atoms with Crippen molar-refractivity contribution in [3.63, 3.8) is 0 Å². The highest BCUT2D eigenvalue weighted by Gasteiger charge is 2.15. The molecular weight excluding hydrogens is 235 g/mol. The quantitative estimate of drug-likeness (QED) is 0.813. The molecule has 0 saturated carbocycles. The summed E-state index contributed by atoms with van der Waals surface area (Å²) in [7, 11) is 0. The minimum absolute atomic E-state index is 0.196. The smallest absolute Gasteiger partial charge is 0.123 e. The number of halogens is 1. The van der Waals surface area contributed by atoms with Crippen molar-refractivity contribution in [3.05, 3.63) is 30.1 Å². The highest BCUT2D eigenvalue weighted by atomic mass is 32.2. The van der Waals surface area contributed by atoms with Gasteiger partial charge in [0.15, 0.2) is 0 Å². The summed E-state index contributed by atoms with van der Waals surface area (Å²) < 4.78 is 12.9. The van der Waals surface area contributed by atoms with Gasteiger partial charge in [-0.05, 0) is 49.6 Å². The fourth-order valence-electron chi connectivity index (χ4n) is 1.94. The highest BCUT2D eigenvalue weighted by molar-refractivity contribution is 7.98. The van der Waals surface area contributed by atoms with Gasteiger partial charge < -0.3 is 10.6 Å². The van der Waals surface area contributed by atoms with E-state index >= 15 is 0 Å². The molecule has 1 aromatic carbocycles. The average molecular weight is 256 g/mol. The third kappa shape index (κ3) is 4.21. The van der Waals surface area contributed by atoms with Gasteiger partial charge in [-0.3, -0.25) is 0 Å². The molecule has 0 spiro atoms. The van der Waals surface area contributed by atoms with E-state index in [1.54, 1.807) is 0 Å². The fourth-order valence-corrected chi connectivity index (χ4v) is 2.45. The zero-order valence-electron chi connectivity index (χ0n) is 10.5. The second kappa shape index (κ2) is 7.56. The van der Waals surface area contributed by atoms with Crippen LogP contribution in [-0.4, -0.2) is 31.1 Å². The molecule has 0 heterocycles. The van der Waals surface area contributed by atoms with Crippen molar-refractivity contribution in [2.75, 3.05) is 30.0 Å². The normalized spacial score (nSPS) is 12.5. The molecule has 0 aliphatic rings. The van der Waals surface area contributed by atoms with E-state index in [0.29, 0.717) is 12.6 Å². The molecule has 0 aliphatic heterocycles. The van der Waals surface area contributed by atoms with E-state index in [1.807, 2.05) is 23.9 Å². The second-order valence-corrected chi connectivity index (χ2v) is 4.92. The van der Waals surface area contributed by atoms with Gasteiger partial charge in [0.2, 0.25) is 0 Å². The van der Waals surface area contributed by atoms with Crippen LogP contribution in [0.5, 0.6) is 0 Å². The molecule has 2 N–H and O–H groups in total. The molecule has 1 rings (SSSR count). The molecule has 0 bridgehead atoms. The number of hydrogen-bond donors (Lipinski definition) is 1. The summed E-state index contributed by atoms with van der Waals surface area (Å²) in [5.74, 6) is 0.901. The summed E-state index contributed by atoms with van der Waals surface area (Å²) in [5, 5.41) is 0. The van der Waals surface area contributed by atoms with Gasteiger partial charge in [-0.1, -0.05) is 0 Å². The van der Waals surface area contributed by atoms with Crippen LogP contribution in [0.3, 0.4) is 0 Å². The molecule has 1 atom stereocenters. The van der Waals surface area contributed by atoms with Crippen molar-refractivity contribution < 1.29 is 4.39 Å². The predicted molar refractivity (Wildman–Crippen MR) is 75.3 cm³/mol. The van der Waals surface area contributed by atoms with Crippen molar-refractivity contribution >= 4 is 17.4 Å². The number of nitrogens with zero attached hydrogens (tertiary/aromatic N) is 1. The van der Waals surface area contributed by atoms with E-state index in [-0.39, 0.29) is 5.82 Å². The predicted octanol–water partition coefficient (Wildman–Crippen LogP) is 2.73. The van der Waals surface area contributed by atoms with E-state index in [0.717, 1.165) is 24.4 Å². The minimum atomic E-state index is -0.196. The molecule has 0 aliphatic carbocycles. The van der Waals surface area contributed by atoms with E-state index in [9.17, 15) is 4.39 Å². The molecule has 96 valence electrons. The lowest BCUT2D eigenvalue weighted by atomic mass is 10.1. The lowest BCUT2D eigenvalue weighted by Gasteiger charge is -2.32. The maximum atomic E-state index is 12.9. The van der Waals surface area contributed by atoms with Crippen LogP contribution in [-0.2, 0) is 0 Å². The summed E-state index contributed by atoms with van der Waals surface area (Å²) >= 11 is 1.83. The minimum Gasteiger partial charge on any atom is -0.368 e. The monoisotopic (exact) mass is 256 g/mol. The topological polar surface area (TPSA) is 29.3 Å². The summed E-state index contributed by atoms with van der Waals surface area (Å²) in [5.41, 5.74) is 6.88. The maximum absolute atomic E-state index is 12.9. The molecule has 0 saturated heterocycles. The van der Waals surface area contributed by atoms with Crippen LogP contribution in [0.4, 0.5) is 10.1 Å². The zero-order valence-corrected chi connectivity index (χ0v) is 11.3. The van der Waals surface area contributed by atoms with Crippen LogP contribution in [0.15, 0.2) is 24.3 Å². The van der Waals surface area contributed by atoms with Gasteiger partial charge in [0.05, 0.1) is 0 Å². The first-order valence-corrected chi connectivity index (χ1v) is 7.33. The number of likely N-dealkylation sites (N-methyl/N-ethyl adjacent to an activating group) is 1. The Balaban J connectivity index is 2.77. The number of anilines is 1. The third-order valence-electron chi connectivity index (χ3n) is 2.87. The number of benzene rings is 1. The van der Waals surface area contributed by atoms with Crippen molar-refractivity contribution in [3.8, 4) is 0 Å². The standard InChI is InChI=1S/C13H21FN2S/c1-3-16(13(10-15)8-9-17-2)12-6-4-11(14)5-7-12/h4-7,13H,3,8-10,15H2,1-2H3. The van der Waals surface area contributed by atoms with Crippen LogP contribution < -0.4 is 10.6 Å². The van der Waals surface area contributed by atoms with Gasteiger partial charge in [-0.25, -0.2) is 4.39 Å². The lowest BCUT2D eigenvalue weighted by Crippen LogP contribution is -2.41. The van der Waals surface area contributed by atoms with Crippen molar-refractivity contribution in [2.45, 2.75) is 19.4 Å². The molecule has 1 aromatic rings. The Bertz CT molecular complexity index is 316. The van der Waals surface area contributed by atoms with Gasteiger partial charge in [-0.2, -0.15) is 11.8 Å². The van der Waals surface area contributed by atoms with Gasteiger partial charge in [0.25, 0.3) is 0 Å². The van der Waals surface area contributed by atoms with Crippen LogP contribution in [0.2, 0.25) is 0 Å². The van der Waals surface area contributed by atoms with E-state index < -0.39 is 0 Å². The largest absolute Gasteiger partial charge is 0.368 e. The second-order valence-electron chi connectivity index (χ2n) is 3.93. The Morgan fingerprint density at radius 3 is 2.47 bits per heavy atom. The molecule has 0 aromatic heterocycles. The highest BCUT2D eigenvalue weighted by Crippen LogP contribution is 2.19. The van der Waals surface area contributed by atoms with Crippen molar-refractivity contribution in [2.24, 2.45) is 5.73 Å². The first-order chi connectivity index (χ1) is 8.22. The van der Waals surface area contributed by atoms with Crippen LogP contribution in [0.1, 0.15) is 13.3 Å². The van der Waals surface area contributed by atoms with Crippen molar-refractivity contribution in [1.82, 2.24) is 0 Å². The Hall–Kier alpha value is -0.740. The number of nitrogens with two attached hydrogens (primary N) is 1. The molecule has 0 radical (unpaired) electrons. The summed E-state index contributed by atoms with van der Waals surface area (Å²) in [4.78, 5) is 2.25. The summed E-state index contributed by atoms with van der Waals surface area (Å²) in [6.45, 7) is 3.62. The fraction of sp³-hybridized carbons (Fsp3) is 0.538. The van der Waals surface area contributed by atoms with Crippen molar-refractivity contribution in [1.29, 1.82) is 0 Å². The van der Waals surface area contributed by atoms with Gasteiger partial charge in [-0.15, -0.1) is 0 Å². The molecule has 4 heteroatoms. The summed E-state index contributed by atoms with van der Waals surface area (Å²) in [6.07, 6.45) is 3.16. The molecule has 2 nitrogen and oxygen atoms in total. The molecule has 17 heavy (non-hydrogen) atoms. The van der Waals surface area contributed by atoms with Gasteiger partial charge >= 0.3 is 0 Å². The Morgan fingerprint density at radius 2 is 2.00 bits per heavy atom. The maximum Gasteiger partial charge on any atom is 0.123 e. The Labute approximate surface area is 107 Å². The SMILES string of the molecule is CCN(c1ccc(F)cc1)C(CN)CCSC. The molecule has 1 unspecified atom stereocenters. The Kier molecular flexibility index (Phi) is 6.37. The van der Waals surface area contributed by atoms with Crippen LogP contribution in [0, 0.1) is 5.82 Å². The van der Waals surface area contributed by atoms with Crippen LogP contribution >= 0.6 is 11.8 Å². The number of rotatable bonds is 7. The van der Waals surface area contributed by atoms with E-state index in [1.165, 1.54) is 12.1 Å².